The van der Waals surface area contributed by atoms with Crippen molar-refractivity contribution in [3.8, 4) is 0 Å². The summed E-state index contributed by atoms with van der Waals surface area (Å²) in [5.41, 5.74) is 0.441. The van der Waals surface area contributed by atoms with Crippen LogP contribution in [0.3, 0.4) is 0 Å². The van der Waals surface area contributed by atoms with Crippen molar-refractivity contribution in [1.29, 1.82) is 0 Å². The van der Waals surface area contributed by atoms with Gasteiger partial charge >= 0.3 is 0 Å². The smallest absolute Gasteiger partial charge is 0.274 e. The molecule has 11 heteroatoms. The predicted octanol–water partition coefficient (Wildman–Crippen LogP) is 0.921. The Morgan fingerprint density at radius 2 is 1.85 bits per heavy atom. The van der Waals surface area contributed by atoms with Crippen LogP contribution in [0.1, 0.15) is 16.2 Å². The number of aromatic nitrogens is 4. The number of amides is 1. The normalized spacial score (nSPS) is 11.0. The Bertz CT molecular complexity index is 1140. The van der Waals surface area contributed by atoms with Crippen molar-refractivity contribution in [1.82, 2.24) is 19.9 Å². The van der Waals surface area contributed by atoms with Crippen LogP contribution < -0.4 is 15.6 Å². The standard InChI is InChI=1S/C16H14N6O4S/c1-10-6-7-17-16(20-10)22-27(25,26)12-4-2-11(3-5-12)21-15(24)13-8-14(23)19-9-18-13/h2-9H,1H3,(H,21,24)(H,17,20,22)(H,18,19,23). The van der Waals surface area contributed by atoms with Crippen molar-refractivity contribution < 1.29 is 13.2 Å². The number of aryl methyl sites for hydroxylation is 1. The molecule has 0 aliphatic rings. The van der Waals surface area contributed by atoms with Gasteiger partial charge < -0.3 is 10.3 Å². The van der Waals surface area contributed by atoms with Crippen molar-refractivity contribution in [3.63, 3.8) is 0 Å². The Kier molecular flexibility index (Phi) is 4.94. The Morgan fingerprint density at radius 3 is 2.52 bits per heavy atom. The molecular weight excluding hydrogens is 372 g/mol. The molecule has 0 aliphatic carbocycles. The van der Waals surface area contributed by atoms with E-state index < -0.39 is 21.5 Å². The molecular formula is C16H14N6O4S. The Morgan fingerprint density at radius 1 is 1.11 bits per heavy atom. The largest absolute Gasteiger partial charge is 0.321 e. The molecule has 0 unspecified atom stereocenters. The van der Waals surface area contributed by atoms with Crippen LogP contribution in [-0.2, 0) is 10.0 Å². The van der Waals surface area contributed by atoms with Crippen molar-refractivity contribution in [2.75, 3.05) is 10.0 Å². The first-order valence-corrected chi connectivity index (χ1v) is 9.10. The highest BCUT2D eigenvalue weighted by Crippen LogP contribution is 2.17. The summed E-state index contributed by atoms with van der Waals surface area (Å²) < 4.78 is 27.0. The summed E-state index contributed by atoms with van der Waals surface area (Å²) >= 11 is 0. The molecule has 0 saturated carbocycles. The van der Waals surface area contributed by atoms with E-state index in [2.05, 4.69) is 30.0 Å². The van der Waals surface area contributed by atoms with Gasteiger partial charge in [-0.15, -0.1) is 0 Å². The highest BCUT2D eigenvalue weighted by atomic mass is 32.2. The monoisotopic (exact) mass is 386 g/mol. The Hall–Kier alpha value is -3.60. The number of aromatic amines is 1. The highest BCUT2D eigenvalue weighted by molar-refractivity contribution is 7.92. The number of nitrogens with zero attached hydrogens (tertiary/aromatic N) is 3. The third-order valence-electron chi connectivity index (χ3n) is 3.35. The fourth-order valence-electron chi connectivity index (χ4n) is 2.08. The van der Waals surface area contributed by atoms with Crippen LogP contribution in [0, 0.1) is 6.92 Å². The van der Waals surface area contributed by atoms with E-state index in [-0.39, 0.29) is 16.5 Å². The van der Waals surface area contributed by atoms with Crippen molar-refractivity contribution in [3.05, 3.63) is 70.7 Å². The quantitative estimate of drug-likeness (QED) is 0.591. The molecule has 27 heavy (non-hydrogen) atoms. The van der Waals surface area contributed by atoms with Gasteiger partial charge in [0.1, 0.15) is 5.69 Å². The number of hydrogen-bond donors (Lipinski definition) is 3. The molecule has 10 nitrogen and oxygen atoms in total. The SMILES string of the molecule is Cc1ccnc(NS(=O)(=O)c2ccc(NC(=O)c3cc(=O)[nH]cn3)cc2)n1. The van der Waals surface area contributed by atoms with E-state index in [9.17, 15) is 18.0 Å². The van der Waals surface area contributed by atoms with Crippen LogP contribution >= 0.6 is 0 Å². The van der Waals surface area contributed by atoms with Crippen LogP contribution in [0.2, 0.25) is 0 Å². The fourth-order valence-corrected chi connectivity index (χ4v) is 3.03. The molecule has 0 aliphatic heterocycles. The number of H-pyrrole nitrogens is 1. The number of hydrogen-bond acceptors (Lipinski definition) is 7. The fraction of sp³-hybridized carbons (Fsp3) is 0.0625. The average Bonchev–Trinajstić information content (AvgIpc) is 2.62. The molecule has 0 spiro atoms. The zero-order valence-corrected chi connectivity index (χ0v) is 14.8. The van der Waals surface area contributed by atoms with E-state index in [1.165, 1.54) is 30.5 Å². The number of carbonyl (C=O) groups excluding carboxylic acids is 1. The van der Waals surface area contributed by atoms with Crippen LogP contribution in [0.15, 0.2) is 58.6 Å². The van der Waals surface area contributed by atoms with Crippen LogP contribution in [-0.4, -0.2) is 34.3 Å². The highest BCUT2D eigenvalue weighted by Gasteiger charge is 2.16. The summed E-state index contributed by atoms with van der Waals surface area (Å²) in [7, 11) is -3.88. The van der Waals surface area contributed by atoms with Gasteiger partial charge in [-0.25, -0.2) is 28.1 Å². The van der Waals surface area contributed by atoms with E-state index in [4.69, 9.17) is 0 Å². The second-order valence-corrected chi connectivity index (χ2v) is 7.08. The molecule has 3 rings (SSSR count). The Labute approximate surface area is 153 Å². The summed E-state index contributed by atoms with van der Waals surface area (Å²) in [6.07, 6.45) is 2.56. The third kappa shape index (κ3) is 4.52. The maximum absolute atomic E-state index is 12.4. The molecule has 138 valence electrons. The minimum Gasteiger partial charge on any atom is -0.321 e. The number of rotatable bonds is 5. The minimum atomic E-state index is -3.88. The number of carbonyl (C=O) groups is 1. The van der Waals surface area contributed by atoms with Gasteiger partial charge in [0.15, 0.2) is 0 Å². The number of nitrogens with one attached hydrogen (secondary N) is 3. The first kappa shape index (κ1) is 18.2. The van der Waals surface area contributed by atoms with Crippen LogP contribution in [0.5, 0.6) is 0 Å². The molecule has 0 fully saturated rings. The number of anilines is 2. The van der Waals surface area contributed by atoms with Crippen LogP contribution in [0.4, 0.5) is 11.6 Å². The number of benzene rings is 1. The minimum absolute atomic E-state index is 0.0279. The molecule has 0 radical (unpaired) electrons. The van der Waals surface area contributed by atoms with Gasteiger partial charge in [0.05, 0.1) is 11.2 Å². The lowest BCUT2D eigenvalue weighted by Crippen LogP contribution is -2.18. The average molecular weight is 386 g/mol. The maximum Gasteiger partial charge on any atom is 0.274 e. The summed E-state index contributed by atoms with van der Waals surface area (Å²) in [4.78, 5) is 37.1. The second-order valence-electron chi connectivity index (χ2n) is 5.40. The molecule has 2 aromatic heterocycles. The van der Waals surface area contributed by atoms with Crippen molar-refractivity contribution >= 4 is 27.6 Å². The van der Waals surface area contributed by atoms with Crippen molar-refractivity contribution in [2.45, 2.75) is 11.8 Å². The van der Waals surface area contributed by atoms with Gasteiger partial charge in [-0.2, -0.15) is 0 Å². The summed E-state index contributed by atoms with van der Waals surface area (Å²) in [5, 5.41) is 2.53. The molecule has 0 atom stereocenters. The molecule has 0 saturated heterocycles. The van der Waals surface area contributed by atoms with E-state index >= 15 is 0 Å². The van der Waals surface area contributed by atoms with Crippen LogP contribution in [0.25, 0.3) is 0 Å². The number of sulfonamides is 1. The van der Waals surface area contributed by atoms with Crippen molar-refractivity contribution in [2.24, 2.45) is 0 Å². The van der Waals surface area contributed by atoms with Gasteiger partial charge in [0.25, 0.3) is 21.5 Å². The lowest BCUT2D eigenvalue weighted by Gasteiger charge is -2.08. The van der Waals surface area contributed by atoms with E-state index in [1.807, 2.05) is 0 Å². The zero-order valence-electron chi connectivity index (χ0n) is 14.0. The van der Waals surface area contributed by atoms with Gasteiger partial charge in [-0.1, -0.05) is 0 Å². The molecule has 0 bridgehead atoms. The molecule has 3 N–H and O–H groups in total. The summed E-state index contributed by atoms with van der Waals surface area (Å²) in [6.45, 7) is 1.71. The van der Waals surface area contributed by atoms with Gasteiger partial charge in [0, 0.05) is 23.6 Å². The second kappa shape index (κ2) is 7.33. The Balaban J connectivity index is 1.74. The molecule has 1 amide bonds. The molecule has 2 heterocycles. The maximum atomic E-state index is 12.4. The zero-order chi connectivity index (χ0) is 19.4. The lowest BCUT2D eigenvalue weighted by molar-refractivity contribution is 0.102. The summed E-state index contributed by atoms with van der Waals surface area (Å²) in [5.74, 6) is -0.629. The first-order valence-electron chi connectivity index (χ1n) is 7.62. The molecule has 3 aromatic rings. The first-order chi connectivity index (χ1) is 12.8. The third-order valence-corrected chi connectivity index (χ3v) is 4.70. The van der Waals surface area contributed by atoms with Gasteiger partial charge in [0.2, 0.25) is 5.95 Å². The van der Waals surface area contributed by atoms with Gasteiger partial charge in [-0.3, -0.25) is 9.59 Å². The molecule has 1 aromatic carbocycles. The lowest BCUT2D eigenvalue weighted by atomic mass is 10.3. The summed E-state index contributed by atoms with van der Waals surface area (Å²) in [6, 6.07) is 8.16. The predicted molar refractivity (Wildman–Crippen MR) is 96.8 cm³/mol. The van der Waals surface area contributed by atoms with E-state index in [0.29, 0.717) is 11.4 Å². The van der Waals surface area contributed by atoms with Gasteiger partial charge in [-0.05, 0) is 37.3 Å². The van der Waals surface area contributed by atoms with E-state index in [0.717, 1.165) is 12.4 Å². The van der Waals surface area contributed by atoms with E-state index in [1.54, 1.807) is 13.0 Å². The topological polar surface area (TPSA) is 147 Å².